The van der Waals surface area contributed by atoms with Crippen LogP contribution in [0.4, 0.5) is 0 Å². The van der Waals surface area contributed by atoms with Gasteiger partial charge in [0.25, 0.3) is 0 Å². The Bertz CT molecular complexity index is 703. The second-order valence-electron chi connectivity index (χ2n) is 9.85. The summed E-state index contributed by atoms with van der Waals surface area (Å²) < 4.78 is 0. The predicted octanol–water partition coefficient (Wildman–Crippen LogP) is 7.52. The lowest BCUT2D eigenvalue weighted by Crippen LogP contribution is -2.39. The molecule has 1 unspecified atom stereocenters. The van der Waals surface area contributed by atoms with Gasteiger partial charge in [-0.2, -0.15) is 0 Å². The van der Waals surface area contributed by atoms with Gasteiger partial charge in [0.2, 0.25) is 0 Å². The molecule has 1 aliphatic rings. The van der Waals surface area contributed by atoms with E-state index in [1.165, 1.54) is 80.4 Å². The summed E-state index contributed by atoms with van der Waals surface area (Å²) in [5.74, 6) is 0.834. The normalized spacial score (nSPS) is 20.7. The predicted molar refractivity (Wildman–Crippen MR) is 138 cm³/mol. The Morgan fingerprint density at radius 2 is 1.81 bits per heavy atom. The zero-order valence-electron chi connectivity index (χ0n) is 21.3. The molecule has 1 aromatic rings. The summed E-state index contributed by atoms with van der Waals surface area (Å²) in [4.78, 5) is 2.76. The molecule has 174 valence electrons. The van der Waals surface area contributed by atoms with E-state index in [9.17, 15) is 0 Å². The van der Waals surface area contributed by atoms with E-state index in [4.69, 9.17) is 0 Å². The third kappa shape index (κ3) is 7.83. The number of allylic oxidation sites excluding steroid dienone is 3. The molecule has 0 aromatic heterocycles. The molecule has 0 spiro atoms. The maximum absolute atomic E-state index is 4.14. The van der Waals surface area contributed by atoms with Crippen molar-refractivity contribution in [2.24, 2.45) is 5.92 Å². The summed E-state index contributed by atoms with van der Waals surface area (Å²) in [7, 11) is 0. The molecular formula is C29H48N2. The van der Waals surface area contributed by atoms with Crippen LogP contribution in [0.15, 0.2) is 36.6 Å². The second-order valence-corrected chi connectivity index (χ2v) is 9.85. The second kappa shape index (κ2) is 13.1. The van der Waals surface area contributed by atoms with Crippen LogP contribution in [0.5, 0.6) is 0 Å². The largest absolute Gasteiger partial charge is 0.386 e. The Labute approximate surface area is 193 Å². The fourth-order valence-corrected chi connectivity index (χ4v) is 5.40. The molecule has 0 saturated heterocycles. The fraction of sp³-hybridized carbons (Fsp3) is 0.655. The first-order chi connectivity index (χ1) is 14.9. The van der Waals surface area contributed by atoms with Crippen molar-refractivity contribution in [3.8, 4) is 0 Å². The number of hydrogen-bond acceptors (Lipinski definition) is 2. The van der Waals surface area contributed by atoms with E-state index in [0.717, 1.165) is 24.0 Å². The van der Waals surface area contributed by atoms with Crippen molar-refractivity contribution >= 4 is 5.57 Å². The summed E-state index contributed by atoms with van der Waals surface area (Å²) in [5.41, 5.74) is 6.70. The van der Waals surface area contributed by atoms with Crippen molar-refractivity contribution in [3.05, 3.63) is 53.2 Å². The maximum Gasteiger partial charge on any atom is 0.0270 e. The van der Waals surface area contributed by atoms with Gasteiger partial charge in [0.15, 0.2) is 0 Å². The Morgan fingerprint density at radius 3 is 2.35 bits per heavy atom. The van der Waals surface area contributed by atoms with Gasteiger partial charge in [0, 0.05) is 17.8 Å². The monoisotopic (exact) mass is 424 g/mol. The molecule has 0 radical (unpaired) electrons. The Hall–Kier alpha value is -1.54. The first kappa shape index (κ1) is 25.7. The van der Waals surface area contributed by atoms with E-state index >= 15 is 0 Å². The van der Waals surface area contributed by atoms with Crippen LogP contribution in [0.25, 0.3) is 5.57 Å². The fourth-order valence-electron chi connectivity index (χ4n) is 5.40. The number of benzene rings is 1. The van der Waals surface area contributed by atoms with Crippen LogP contribution >= 0.6 is 0 Å². The molecule has 2 rings (SSSR count). The summed E-state index contributed by atoms with van der Waals surface area (Å²) in [5, 5.41) is 3.84. The highest BCUT2D eigenvalue weighted by Crippen LogP contribution is 2.32. The topological polar surface area (TPSA) is 15.3 Å². The van der Waals surface area contributed by atoms with Crippen molar-refractivity contribution < 1.29 is 0 Å². The summed E-state index contributed by atoms with van der Waals surface area (Å²) in [6.07, 6.45) is 12.6. The SMILES string of the molecule is C=C(C)c1cccc(CC(C)N/C(=C\C)CC2CCC(N(CCC)CCC)CC2)c1C. The van der Waals surface area contributed by atoms with Crippen LogP contribution < -0.4 is 5.32 Å². The molecule has 2 nitrogen and oxygen atoms in total. The minimum Gasteiger partial charge on any atom is -0.386 e. The van der Waals surface area contributed by atoms with Gasteiger partial charge in [0.05, 0.1) is 0 Å². The molecule has 1 fully saturated rings. The molecule has 1 N–H and O–H groups in total. The van der Waals surface area contributed by atoms with Gasteiger partial charge in [-0.05, 0) is 115 Å². The van der Waals surface area contributed by atoms with Crippen LogP contribution in [0, 0.1) is 12.8 Å². The lowest BCUT2D eigenvalue weighted by atomic mass is 9.82. The van der Waals surface area contributed by atoms with E-state index in [-0.39, 0.29) is 0 Å². The van der Waals surface area contributed by atoms with Crippen molar-refractivity contribution in [1.29, 1.82) is 0 Å². The Morgan fingerprint density at radius 1 is 1.16 bits per heavy atom. The quantitative estimate of drug-likeness (QED) is 0.373. The van der Waals surface area contributed by atoms with E-state index in [2.05, 4.69) is 82.6 Å². The highest BCUT2D eigenvalue weighted by Gasteiger charge is 2.25. The number of rotatable bonds is 12. The number of nitrogens with one attached hydrogen (secondary N) is 1. The van der Waals surface area contributed by atoms with Gasteiger partial charge in [0.1, 0.15) is 0 Å². The minimum atomic E-state index is 0.436. The molecular weight excluding hydrogens is 376 g/mol. The van der Waals surface area contributed by atoms with Crippen molar-refractivity contribution in [1.82, 2.24) is 10.2 Å². The molecule has 0 aliphatic heterocycles. The van der Waals surface area contributed by atoms with Crippen molar-refractivity contribution in [3.63, 3.8) is 0 Å². The zero-order chi connectivity index (χ0) is 22.8. The summed E-state index contributed by atoms with van der Waals surface area (Å²) in [6.45, 7) is 20.2. The highest BCUT2D eigenvalue weighted by atomic mass is 15.1. The minimum absolute atomic E-state index is 0.436. The van der Waals surface area contributed by atoms with Gasteiger partial charge >= 0.3 is 0 Å². The average molecular weight is 425 g/mol. The molecule has 1 aromatic carbocycles. The molecule has 1 aliphatic carbocycles. The van der Waals surface area contributed by atoms with E-state index in [1.807, 2.05) is 0 Å². The molecule has 1 saturated carbocycles. The smallest absolute Gasteiger partial charge is 0.0270 e. The van der Waals surface area contributed by atoms with Gasteiger partial charge in [-0.25, -0.2) is 0 Å². The first-order valence-corrected chi connectivity index (χ1v) is 12.8. The number of nitrogens with zero attached hydrogens (tertiary/aromatic N) is 1. The van der Waals surface area contributed by atoms with Crippen molar-refractivity contribution in [2.45, 2.75) is 105 Å². The van der Waals surface area contributed by atoms with E-state index in [1.54, 1.807) is 0 Å². The van der Waals surface area contributed by atoms with Crippen LogP contribution in [0.2, 0.25) is 0 Å². The number of hydrogen-bond donors (Lipinski definition) is 1. The Kier molecular flexibility index (Phi) is 10.9. The first-order valence-electron chi connectivity index (χ1n) is 12.8. The molecule has 0 bridgehead atoms. The molecule has 0 heterocycles. The van der Waals surface area contributed by atoms with Gasteiger partial charge in [-0.1, -0.05) is 50.3 Å². The van der Waals surface area contributed by atoms with Crippen LogP contribution in [-0.4, -0.2) is 30.1 Å². The van der Waals surface area contributed by atoms with Crippen LogP contribution in [0.1, 0.15) is 96.3 Å². The standard InChI is InChI=1S/C29H48N2/c1-8-18-31(19-9-2)28-16-14-25(15-17-28)21-27(10-3)30-23(6)20-26-12-11-13-29(22(4)5)24(26)7/h10-13,23,25,28,30H,4,8-9,14-21H2,1-3,5-7H3/b27-10-. The van der Waals surface area contributed by atoms with Gasteiger partial charge < -0.3 is 10.2 Å². The third-order valence-electron chi connectivity index (χ3n) is 7.08. The van der Waals surface area contributed by atoms with E-state index in [0.29, 0.717) is 6.04 Å². The van der Waals surface area contributed by atoms with Crippen LogP contribution in [0.3, 0.4) is 0 Å². The summed E-state index contributed by atoms with van der Waals surface area (Å²) >= 11 is 0. The van der Waals surface area contributed by atoms with Crippen LogP contribution in [-0.2, 0) is 6.42 Å². The Balaban J connectivity index is 1.86. The lowest BCUT2D eigenvalue weighted by molar-refractivity contribution is 0.135. The van der Waals surface area contributed by atoms with Gasteiger partial charge in [-0.15, -0.1) is 0 Å². The molecule has 31 heavy (non-hydrogen) atoms. The molecule has 1 atom stereocenters. The van der Waals surface area contributed by atoms with E-state index < -0.39 is 0 Å². The molecule has 0 amide bonds. The highest BCUT2D eigenvalue weighted by molar-refractivity contribution is 5.65. The molecule has 2 heteroatoms. The zero-order valence-corrected chi connectivity index (χ0v) is 21.3. The van der Waals surface area contributed by atoms with Gasteiger partial charge in [-0.3, -0.25) is 0 Å². The lowest BCUT2D eigenvalue weighted by Gasteiger charge is -2.37. The summed E-state index contributed by atoms with van der Waals surface area (Å²) in [6, 6.07) is 7.89. The average Bonchev–Trinajstić information content (AvgIpc) is 2.75. The maximum atomic E-state index is 4.14. The van der Waals surface area contributed by atoms with Crippen molar-refractivity contribution in [2.75, 3.05) is 13.1 Å². The third-order valence-corrected chi connectivity index (χ3v) is 7.08.